The van der Waals surface area contributed by atoms with Gasteiger partial charge in [-0.1, -0.05) is 48.5 Å². The topological polar surface area (TPSA) is 118 Å². The van der Waals surface area contributed by atoms with Gasteiger partial charge in [-0.05, 0) is 40.6 Å². The van der Waals surface area contributed by atoms with E-state index < -0.39 is 6.10 Å². The van der Waals surface area contributed by atoms with E-state index in [1.54, 1.807) is 23.2 Å². The van der Waals surface area contributed by atoms with Crippen LogP contribution in [0.25, 0.3) is 10.8 Å². The van der Waals surface area contributed by atoms with Crippen LogP contribution < -0.4 is 20.1 Å². The van der Waals surface area contributed by atoms with Gasteiger partial charge in [-0.3, -0.25) is 14.6 Å². The highest BCUT2D eigenvalue weighted by Crippen LogP contribution is 2.44. The Hall–Kier alpha value is -4.60. The number of hydrogen-bond donors (Lipinski definition) is 2. The zero-order valence-corrected chi connectivity index (χ0v) is 25.5. The summed E-state index contributed by atoms with van der Waals surface area (Å²) in [6, 6.07) is 20.9. The molecule has 1 unspecified atom stereocenters. The van der Waals surface area contributed by atoms with Crippen LogP contribution in [0.4, 0.5) is 17.1 Å². The summed E-state index contributed by atoms with van der Waals surface area (Å²) in [6.07, 6.45) is 1.23. The highest BCUT2D eigenvalue weighted by Gasteiger charge is 2.36. The van der Waals surface area contributed by atoms with Crippen LogP contribution in [-0.2, 0) is 17.8 Å². The number of aliphatic imine (C=N–C) groups is 1. The molecule has 0 bridgehead atoms. The second-order valence-electron chi connectivity index (χ2n) is 11.7. The summed E-state index contributed by atoms with van der Waals surface area (Å²) in [5.74, 6) is 0.580. The molecule has 0 aliphatic carbocycles. The monoisotopic (exact) mass is 624 g/mol. The van der Waals surface area contributed by atoms with Gasteiger partial charge in [-0.2, -0.15) is 0 Å². The van der Waals surface area contributed by atoms with Gasteiger partial charge in [0.1, 0.15) is 6.61 Å². The van der Waals surface area contributed by atoms with E-state index in [1.807, 2.05) is 53.4 Å². The number of nitrogens with two attached hydrogens (primary N) is 1. The first-order chi connectivity index (χ1) is 21.9. The molecule has 0 saturated heterocycles. The molecule has 2 amide bonds. The van der Waals surface area contributed by atoms with Gasteiger partial charge in [0.05, 0.1) is 36.9 Å². The Bertz CT molecular complexity index is 1860. The van der Waals surface area contributed by atoms with Crippen molar-refractivity contribution in [3.63, 3.8) is 0 Å². The summed E-state index contributed by atoms with van der Waals surface area (Å²) in [4.78, 5) is 35.3. The minimum Gasteiger partial charge on any atom is -0.493 e. The van der Waals surface area contributed by atoms with E-state index in [4.69, 9.17) is 26.8 Å². The number of benzene rings is 4. The first-order valence-corrected chi connectivity index (χ1v) is 15.5. The molecule has 0 fully saturated rings. The Balaban J connectivity index is 1.07. The number of nitrogen functional groups attached to an aromatic ring is 1. The van der Waals surface area contributed by atoms with Crippen molar-refractivity contribution in [2.75, 3.05) is 36.8 Å². The van der Waals surface area contributed by atoms with Crippen molar-refractivity contribution in [2.24, 2.45) is 4.99 Å². The Morgan fingerprint density at radius 1 is 1.09 bits per heavy atom. The maximum absolute atomic E-state index is 13.7. The number of carbonyl (C=O) groups excluding carboxylic acids is 2. The smallest absolute Gasteiger partial charge is 0.257 e. The van der Waals surface area contributed by atoms with Gasteiger partial charge in [-0.15, -0.1) is 11.6 Å². The molecule has 7 rings (SSSR count). The molecule has 9 nitrogen and oxygen atoms in total. The molecule has 0 radical (unpaired) electrons. The molecule has 3 heterocycles. The minimum atomic E-state index is -1.10. The van der Waals surface area contributed by atoms with Crippen molar-refractivity contribution in [2.45, 2.75) is 37.5 Å². The van der Waals surface area contributed by atoms with Crippen LogP contribution in [-0.4, -0.2) is 66.3 Å². The van der Waals surface area contributed by atoms with Crippen LogP contribution in [0.3, 0.4) is 0 Å². The summed E-state index contributed by atoms with van der Waals surface area (Å²) < 4.78 is 11.5. The lowest BCUT2D eigenvalue weighted by molar-refractivity contribution is -0.120. The third-order valence-electron chi connectivity index (χ3n) is 8.97. The minimum absolute atomic E-state index is 0.0501. The Labute approximate surface area is 265 Å². The molecule has 45 heavy (non-hydrogen) atoms. The van der Waals surface area contributed by atoms with Gasteiger partial charge in [0, 0.05) is 53.9 Å². The summed E-state index contributed by atoms with van der Waals surface area (Å²) in [7, 11) is 1.49. The normalized spacial score (nSPS) is 19.0. The van der Waals surface area contributed by atoms with Gasteiger partial charge >= 0.3 is 0 Å². The largest absolute Gasteiger partial charge is 0.493 e. The van der Waals surface area contributed by atoms with E-state index in [0.29, 0.717) is 53.8 Å². The standard InChI is InChI=1S/C35H33ClN4O5/c1-44-31-12-27-29(38-16-23-10-20-6-2-3-7-21(20)17-39(23)35(27)43)14-32(31)45-19-24(41)11-33(42)40-18-22(15-36)34-26-9-5-4-8-25(26)28(37)13-30(34)40/h2-9,12-14,16,22-24,41H,10-11,15,17-19,37H2,1H3/t22-,23+,24?/m1/s1. The molecule has 3 atom stereocenters. The second kappa shape index (κ2) is 11.7. The summed E-state index contributed by atoms with van der Waals surface area (Å²) in [5, 5.41) is 12.8. The van der Waals surface area contributed by atoms with Crippen LogP contribution in [0.1, 0.15) is 39.4 Å². The molecule has 3 aliphatic heterocycles. The van der Waals surface area contributed by atoms with Crippen LogP contribution in [0.2, 0.25) is 0 Å². The number of methoxy groups -OCH3 is 1. The van der Waals surface area contributed by atoms with E-state index in [9.17, 15) is 14.7 Å². The number of anilines is 2. The summed E-state index contributed by atoms with van der Waals surface area (Å²) in [5.41, 5.74) is 11.9. The molecular weight excluding hydrogens is 592 g/mol. The van der Waals surface area contributed by atoms with Crippen LogP contribution in [0.5, 0.6) is 11.5 Å². The molecule has 0 spiro atoms. The predicted molar refractivity (Wildman–Crippen MR) is 175 cm³/mol. The quantitative estimate of drug-likeness (QED) is 0.215. The molecule has 0 saturated carbocycles. The van der Waals surface area contributed by atoms with Gasteiger partial charge < -0.3 is 30.1 Å². The van der Waals surface area contributed by atoms with Crippen molar-refractivity contribution >= 4 is 57.5 Å². The first kappa shape index (κ1) is 29.1. The van der Waals surface area contributed by atoms with Crippen LogP contribution in [0, 0.1) is 0 Å². The van der Waals surface area contributed by atoms with Crippen molar-refractivity contribution in [3.05, 3.63) is 89.0 Å². The van der Waals surface area contributed by atoms with E-state index >= 15 is 0 Å². The van der Waals surface area contributed by atoms with Crippen molar-refractivity contribution in [3.8, 4) is 11.5 Å². The Kier molecular flexibility index (Phi) is 7.59. The second-order valence-corrected chi connectivity index (χ2v) is 12.0. The number of aliphatic hydroxyl groups excluding tert-OH is 1. The van der Waals surface area contributed by atoms with E-state index in [-0.39, 0.29) is 36.8 Å². The van der Waals surface area contributed by atoms with E-state index in [1.165, 1.54) is 12.7 Å². The summed E-state index contributed by atoms with van der Waals surface area (Å²) in [6.45, 7) is 0.746. The zero-order valence-electron chi connectivity index (χ0n) is 24.8. The third-order valence-corrected chi connectivity index (χ3v) is 9.35. The third kappa shape index (κ3) is 5.15. The average molecular weight is 625 g/mol. The number of fused-ring (bicyclic) bond motifs is 6. The van der Waals surface area contributed by atoms with Crippen molar-refractivity contribution < 1.29 is 24.2 Å². The highest BCUT2D eigenvalue weighted by molar-refractivity contribution is 6.19. The number of aliphatic hydroxyl groups is 1. The maximum Gasteiger partial charge on any atom is 0.257 e. The highest BCUT2D eigenvalue weighted by atomic mass is 35.5. The van der Waals surface area contributed by atoms with Crippen LogP contribution in [0.15, 0.2) is 71.7 Å². The molecule has 230 valence electrons. The number of hydrogen-bond acceptors (Lipinski definition) is 7. The van der Waals surface area contributed by atoms with Crippen molar-refractivity contribution in [1.29, 1.82) is 0 Å². The van der Waals surface area contributed by atoms with E-state index in [0.717, 1.165) is 27.6 Å². The zero-order chi connectivity index (χ0) is 31.2. The molecule has 3 N–H and O–H groups in total. The number of ether oxygens (including phenoxy) is 2. The molecule has 3 aliphatic rings. The Morgan fingerprint density at radius 2 is 1.84 bits per heavy atom. The number of alkyl halides is 1. The molecule has 4 aromatic rings. The number of nitrogens with zero attached hydrogens (tertiary/aromatic N) is 3. The molecular formula is C35H33ClN4O5. The van der Waals surface area contributed by atoms with Gasteiger partial charge in [0.15, 0.2) is 11.5 Å². The fourth-order valence-corrected chi connectivity index (χ4v) is 6.97. The van der Waals surface area contributed by atoms with Gasteiger partial charge in [-0.25, -0.2) is 0 Å². The molecule has 0 aromatic heterocycles. The van der Waals surface area contributed by atoms with Crippen LogP contribution >= 0.6 is 11.6 Å². The fraction of sp³-hybridized carbons (Fsp3) is 0.286. The SMILES string of the molecule is COc1cc2c(cc1OCC(O)CC(=O)N1C[C@@H](CCl)c3c1cc(N)c1ccccc31)N=C[C@@H]1Cc3ccccc3CN1C2=O. The lowest BCUT2D eigenvalue weighted by atomic mass is 9.94. The number of halogens is 1. The average Bonchev–Trinajstić information content (AvgIpc) is 3.38. The van der Waals surface area contributed by atoms with E-state index in [2.05, 4.69) is 11.1 Å². The molecule has 4 aromatic carbocycles. The van der Waals surface area contributed by atoms with Gasteiger partial charge in [0.2, 0.25) is 5.91 Å². The lowest BCUT2D eigenvalue weighted by Gasteiger charge is -2.34. The fourth-order valence-electron chi connectivity index (χ4n) is 6.72. The number of carbonyl (C=O) groups is 2. The molecule has 10 heteroatoms. The predicted octanol–water partition coefficient (Wildman–Crippen LogP) is 5.21. The Morgan fingerprint density at radius 3 is 2.62 bits per heavy atom. The number of amides is 2. The summed E-state index contributed by atoms with van der Waals surface area (Å²) >= 11 is 6.34. The number of rotatable bonds is 7. The maximum atomic E-state index is 13.7. The first-order valence-electron chi connectivity index (χ1n) is 15.0. The van der Waals surface area contributed by atoms with Gasteiger partial charge in [0.25, 0.3) is 5.91 Å². The lowest BCUT2D eigenvalue weighted by Crippen LogP contribution is -2.44. The van der Waals surface area contributed by atoms with Crippen molar-refractivity contribution in [1.82, 2.24) is 4.90 Å².